The summed E-state index contributed by atoms with van der Waals surface area (Å²) in [5.74, 6) is 0.0700. The number of piperidine rings is 1. The Morgan fingerprint density at radius 1 is 1.56 bits per heavy atom. The molecule has 0 radical (unpaired) electrons. The number of aromatic nitrogens is 1. The highest BCUT2D eigenvalue weighted by molar-refractivity contribution is 5.95. The average Bonchev–Trinajstić information content (AvgIpc) is 2.32. The number of hydrogen-bond donors (Lipinski definition) is 1. The van der Waals surface area contributed by atoms with Crippen LogP contribution in [0.3, 0.4) is 0 Å². The molecule has 4 heteroatoms. The minimum absolute atomic E-state index is 0.0238. The van der Waals surface area contributed by atoms with Gasteiger partial charge in [0.15, 0.2) is 0 Å². The first-order valence-corrected chi connectivity index (χ1v) is 6.37. The van der Waals surface area contributed by atoms with Crippen molar-refractivity contribution < 1.29 is 4.79 Å². The molecular formula is C14H21N3O. The third kappa shape index (κ3) is 2.38. The molecule has 1 saturated heterocycles. The minimum Gasteiger partial charge on any atom is -0.338 e. The van der Waals surface area contributed by atoms with Gasteiger partial charge in [-0.05, 0) is 30.4 Å². The van der Waals surface area contributed by atoms with Crippen molar-refractivity contribution in [3.8, 4) is 0 Å². The summed E-state index contributed by atoms with van der Waals surface area (Å²) in [7, 11) is 0. The van der Waals surface area contributed by atoms with Crippen LogP contribution in [-0.2, 0) is 0 Å². The van der Waals surface area contributed by atoms with Gasteiger partial charge >= 0.3 is 0 Å². The third-order valence-electron chi connectivity index (χ3n) is 3.87. The van der Waals surface area contributed by atoms with Gasteiger partial charge < -0.3 is 10.6 Å². The van der Waals surface area contributed by atoms with Crippen molar-refractivity contribution in [2.75, 3.05) is 13.1 Å². The molecule has 1 aromatic heterocycles. The number of amides is 1. The molecule has 0 bridgehead atoms. The first kappa shape index (κ1) is 13.0. The smallest absolute Gasteiger partial charge is 0.255 e. The fraction of sp³-hybridized carbons (Fsp3) is 0.571. The quantitative estimate of drug-likeness (QED) is 0.820. The summed E-state index contributed by atoms with van der Waals surface area (Å²) in [6.45, 7) is 7.62. The standard InChI is InChI=1S/C14H21N3O/c1-10-4-6-16-8-11(10)13(18)17-7-5-12(15)14(2,3)9-17/h4,6,8,12H,5,7,9,15H2,1-3H3. The van der Waals surface area contributed by atoms with Crippen molar-refractivity contribution in [1.82, 2.24) is 9.88 Å². The summed E-state index contributed by atoms with van der Waals surface area (Å²) in [6, 6.07) is 2.03. The Kier molecular flexibility index (Phi) is 3.39. The first-order chi connectivity index (χ1) is 8.42. The Bertz CT molecular complexity index is 456. The molecule has 0 aliphatic carbocycles. The molecule has 1 unspecified atom stereocenters. The lowest BCUT2D eigenvalue weighted by atomic mass is 9.79. The van der Waals surface area contributed by atoms with Crippen LogP contribution >= 0.6 is 0 Å². The van der Waals surface area contributed by atoms with Gasteiger partial charge in [0, 0.05) is 31.5 Å². The molecule has 1 fully saturated rings. The van der Waals surface area contributed by atoms with Gasteiger partial charge in [-0.2, -0.15) is 0 Å². The van der Waals surface area contributed by atoms with Crippen molar-refractivity contribution in [2.45, 2.75) is 33.2 Å². The van der Waals surface area contributed by atoms with Crippen LogP contribution in [0.25, 0.3) is 0 Å². The molecule has 98 valence electrons. The highest BCUT2D eigenvalue weighted by atomic mass is 16.2. The molecule has 1 aliphatic rings. The SMILES string of the molecule is Cc1ccncc1C(=O)N1CCC(N)C(C)(C)C1. The van der Waals surface area contributed by atoms with Gasteiger partial charge in [-0.25, -0.2) is 0 Å². The highest BCUT2D eigenvalue weighted by Gasteiger charge is 2.35. The molecule has 0 aromatic carbocycles. The zero-order chi connectivity index (χ0) is 13.3. The Morgan fingerprint density at radius 3 is 2.89 bits per heavy atom. The molecule has 0 spiro atoms. The summed E-state index contributed by atoms with van der Waals surface area (Å²) in [4.78, 5) is 18.4. The van der Waals surface area contributed by atoms with E-state index in [-0.39, 0.29) is 17.4 Å². The lowest BCUT2D eigenvalue weighted by Crippen LogP contribution is -2.54. The van der Waals surface area contributed by atoms with E-state index in [1.54, 1.807) is 12.4 Å². The number of aryl methyl sites for hydroxylation is 1. The maximum Gasteiger partial charge on any atom is 0.255 e. The minimum atomic E-state index is -0.0238. The molecule has 4 nitrogen and oxygen atoms in total. The topological polar surface area (TPSA) is 59.2 Å². The number of nitrogens with zero attached hydrogens (tertiary/aromatic N) is 2. The fourth-order valence-electron chi connectivity index (χ4n) is 2.41. The molecule has 2 N–H and O–H groups in total. The van der Waals surface area contributed by atoms with E-state index in [0.29, 0.717) is 12.1 Å². The maximum atomic E-state index is 12.5. The molecule has 2 heterocycles. The Hall–Kier alpha value is -1.42. The second-order valence-electron chi connectivity index (χ2n) is 5.80. The summed E-state index contributed by atoms with van der Waals surface area (Å²) in [5, 5.41) is 0. The van der Waals surface area contributed by atoms with Crippen molar-refractivity contribution in [3.05, 3.63) is 29.6 Å². The van der Waals surface area contributed by atoms with Crippen LogP contribution in [0.4, 0.5) is 0 Å². The van der Waals surface area contributed by atoms with E-state index in [1.165, 1.54) is 0 Å². The molecule has 1 aromatic rings. The Balaban J connectivity index is 2.18. The number of rotatable bonds is 1. The lowest BCUT2D eigenvalue weighted by Gasteiger charge is -2.42. The number of hydrogen-bond acceptors (Lipinski definition) is 3. The van der Waals surface area contributed by atoms with E-state index in [1.807, 2.05) is 17.9 Å². The lowest BCUT2D eigenvalue weighted by molar-refractivity contribution is 0.0532. The van der Waals surface area contributed by atoms with Crippen molar-refractivity contribution in [3.63, 3.8) is 0 Å². The van der Waals surface area contributed by atoms with Gasteiger partial charge in [-0.15, -0.1) is 0 Å². The van der Waals surface area contributed by atoms with E-state index in [9.17, 15) is 4.79 Å². The highest BCUT2D eigenvalue weighted by Crippen LogP contribution is 2.28. The van der Waals surface area contributed by atoms with Crippen LogP contribution in [0.1, 0.15) is 36.2 Å². The molecule has 0 saturated carbocycles. The van der Waals surface area contributed by atoms with E-state index in [2.05, 4.69) is 18.8 Å². The zero-order valence-electron chi connectivity index (χ0n) is 11.3. The zero-order valence-corrected chi connectivity index (χ0v) is 11.3. The van der Waals surface area contributed by atoms with Crippen molar-refractivity contribution in [2.24, 2.45) is 11.1 Å². The van der Waals surface area contributed by atoms with E-state index in [4.69, 9.17) is 5.73 Å². The van der Waals surface area contributed by atoms with E-state index >= 15 is 0 Å². The van der Waals surface area contributed by atoms with Gasteiger partial charge in [0.25, 0.3) is 5.91 Å². The second-order valence-corrected chi connectivity index (χ2v) is 5.80. The number of carbonyl (C=O) groups excluding carboxylic acids is 1. The number of nitrogens with two attached hydrogens (primary N) is 1. The van der Waals surface area contributed by atoms with Gasteiger partial charge in [0.2, 0.25) is 0 Å². The number of pyridine rings is 1. The van der Waals surface area contributed by atoms with Crippen molar-refractivity contribution in [1.29, 1.82) is 0 Å². The van der Waals surface area contributed by atoms with E-state index < -0.39 is 0 Å². The summed E-state index contributed by atoms with van der Waals surface area (Å²) in [6.07, 6.45) is 4.22. The van der Waals surface area contributed by atoms with Crippen LogP contribution in [-0.4, -0.2) is 34.9 Å². The first-order valence-electron chi connectivity index (χ1n) is 6.37. The Labute approximate surface area is 108 Å². The monoisotopic (exact) mass is 247 g/mol. The van der Waals surface area contributed by atoms with Crippen LogP contribution in [0.2, 0.25) is 0 Å². The van der Waals surface area contributed by atoms with Gasteiger partial charge in [-0.1, -0.05) is 13.8 Å². The van der Waals surface area contributed by atoms with E-state index in [0.717, 1.165) is 18.5 Å². The second kappa shape index (κ2) is 4.69. The molecule has 1 amide bonds. The number of carbonyl (C=O) groups is 1. The fourth-order valence-corrected chi connectivity index (χ4v) is 2.41. The molecular weight excluding hydrogens is 226 g/mol. The largest absolute Gasteiger partial charge is 0.338 e. The number of likely N-dealkylation sites (tertiary alicyclic amines) is 1. The average molecular weight is 247 g/mol. The van der Waals surface area contributed by atoms with Crippen LogP contribution in [0.5, 0.6) is 0 Å². The normalized spacial score (nSPS) is 22.9. The van der Waals surface area contributed by atoms with Crippen LogP contribution in [0.15, 0.2) is 18.5 Å². The van der Waals surface area contributed by atoms with Gasteiger partial charge in [0.05, 0.1) is 5.56 Å². The Morgan fingerprint density at radius 2 is 2.28 bits per heavy atom. The molecule has 1 aliphatic heterocycles. The van der Waals surface area contributed by atoms with Crippen LogP contribution in [0, 0.1) is 12.3 Å². The molecule has 18 heavy (non-hydrogen) atoms. The predicted octanol–water partition coefficient (Wildman–Crippen LogP) is 1.59. The predicted molar refractivity (Wildman–Crippen MR) is 71.3 cm³/mol. The third-order valence-corrected chi connectivity index (χ3v) is 3.87. The molecule has 1 atom stereocenters. The van der Waals surface area contributed by atoms with Gasteiger partial charge in [-0.3, -0.25) is 9.78 Å². The summed E-state index contributed by atoms with van der Waals surface area (Å²) >= 11 is 0. The summed E-state index contributed by atoms with van der Waals surface area (Å²) in [5.41, 5.74) is 7.74. The van der Waals surface area contributed by atoms with Gasteiger partial charge in [0.1, 0.15) is 0 Å². The van der Waals surface area contributed by atoms with Crippen LogP contribution < -0.4 is 5.73 Å². The maximum absolute atomic E-state index is 12.5. The van der Waals surface area contributed by atoms with Crippen molar-refractivity contribution >= 4 is 5.91 Å². The summed E-state index contributed by atoms with van der Waals surface area (Å²) < 4.78 is 0. The molecule has 2 rings (SSSR count).